The fraction of sp³-hybridized carbons (Fsp3) is 0.900. The van der Waals surface area contributed by atoms with Gasteiger partial charge in [0.1, 0.15) is 6.04 Å². The van der Waals surface area contributed by atoms with Gasteiger partial charge in [-0.05, 0) is 13.3 Å². The van der Waals surface area contributed by atoms with Crippen molar-refractivity contribution in [3.05, 3.63) is 0 Å². The highest BCUT2D eigenvalue weighted by Crippen LogP contribution is 2.17. The predicted octanol–water partition coefficient (Wildman–Crippen LogP) is 1.40. The van der Waals surface area contributed by atoms with E-state index >= 15 is 0 Å². The molecule has 2 unspecified atom stereocenters. The van der Waals surface area contributed by atoms with Crippen molar-refractivity contribution in [1.29, 1.82) is 0 Å². The van der Waals surface area contributed by atoms with Gasteiger partial charge in [-0.15, -0.1) is 0 Å². The lowest BCUT2D eigenvalue weighted by atomic mass is 10.1. The van der Waals surface area contributed by atoms with Gasteiger partial charge in [0, 0.05) is 6.42 Å². The molecular weight excluding hydrogens is 182 g/mol. The number of unbranched alkanes of at least 4 members (excludes halogenated alkanes) is 1. The summed E-state index contributed by atoms with van der Waals surface area (Å²) in [5.74, 6) is -0.202. The van der Waals surface area contributed by atoms with Crippen molar-refractivity contribution < 1.29 is 14.4 Å². The summed E-state index contributed by atoms with van der Waals surface area (Å²) in [5, 5.41) is 0. The fourth-order valence-corrected chi connectivity index (χ4v) is 1.53. The maximum absolute atomic E-state index is 11.3. The van der Waals surface area contributed by atoms with E-state index in [2.05, 4.69) is 12.4 Å². The molecule has 1 rings (SSSR count). The first-order chi connectivity index (χ1) is 6.77. The average Bonchev–Trinajstić information content (AvgIpc) is 2.63. The van der Waals surface area contributed by atoms with Crippen LogP contribution in [0.5, 0.6) is 0 Å². The SMILES string of the molecule is CCCCC1CC(C(=O)OCC)NO1. The number of esters is 1. The molecule has 0 amide bonds. The molecule has 0 radical (unpaired) electrons. The Morgan fingerprint density at radius 2 is 2.36 bits per heavy atom. The van der Waals surface area contributed by atoms with E-state index in [1.165, 1.54) is 0 Å². The minimum atomic E-state index is -0.267. The first-order valence-corrected chi connectivity index (χ1v) is 5.35. The predicted molar refractivity (Wildman–Crippen MR) is 52.6 cm³/mol. The van der Waals surface area contributed by atoms with Gasteiger partial charge in [0.05, 0.1) is 12.7 Å². The van der Waals surface area contributed by atoms with Gasteiger partial charge in [0.15, 0.2) is 0 Å². The summed E-state index contributed by atoms with van der Waals surface area (Å²) in [4.78, 5) is 16.6. The minimum Gasteiger partial charge on any atom is -0.465 e. The van der Waals surface area contributed by atoms with Gasteiger partial charge in [-0.1, -0.05) is 19.8 Å². The van der Waals surface area contributed by atoms with Crippen LogP contribution in [0, 0.1) is 0 Å². The van der Waals surface area contributed by atoms with E-state index in [9.17, 15) is 4.79 Å². The molecule has 2 atom stereocenters. The second-order valence-corrected chi connectivity index (χ2v) is 3.54. The standard InChI is InChI=1S/C10H19NO3/c1-3-5-6-8-7-9(11-14-8)10(12)13-4-2/h8-9,11H,3-7H2,1-2H3. The van der Waals surface area contributed by atoms with Crippen LogP contribution < -0.4 is 5.48 Å². The molecule has 1 aliphatic heterocycles. The molecule has 1 heterocycles. The Morgan fingerprint density at radius 1 is 1.57 bits per heavy atom. The number of hydroxylamine groups is 1. The number of nitrogens with one attached hydrogen (secondary N) is 1. The topological polar surface area (TPSA) is 47.6 Å². The first-order valence-electron chi connectivity index (χ1n) is 5.35. The Bertz CT molecular complexity index is 184. The molecule has 1 fully saturated rings. The largest absolute Gasteiger partial charge is 0.465 e. The van der Waals surface area contributed by atoms with Crippen molar-refractivity contribution in [2.45, 2.75) is 51.7 Å². The van der Waals surface area contributed by atoms with Crippen LogP contribution in [0.1, 0.15) is 39.5 Å². The molecule has 1 N–H and O–H groups in total. The van der Waals surface area contributed by atoms with Crippen molar-refractivity contribution in [3.8, 4) is 0 Å². The zero-order valence-corrected chi connectivity index (χ0v) is 8.91. The lowest BCUT2D eigenvalue weighted by molar-refractivity contribution is -0.146. The van der Waals surface area contributed by atoms with Gasteiger partial charge < -0.3 is 4.74 Å². The number of rotatable bonds is 5. The molecule has 0 aliphatic carbocycles. The van der Waals surface area contributed by atoms with Crippen molar-refractivity contribution in [2.75, 3.05) is 6.61 Å². The van der Waals surface area contributed by atoms with Crippen molar-refractivity contribution in [2.24, 2.45) is 0 Å². The number of hydrogen-bond acceptors (Lipinski definition) is 4. The van der Waals surface area contributed by atoms with Gasteiger partial charge in [-0.25, -0.2) is 0 Å². The Labute approximate surface area is 84.9 Å². The smallest absolute Gasteiger partial charge is 0.325 e. The van der Waals surface area contributed by atoms with Crippen LogP contribution in [0.2, 0.25) is 0 Å². The van der Waals surface area contributed by atoms with Gasteiger partial charge in [0.25, 0.3) is 0 Å². The summed E-state index contributed by atoms with van der Waals surface area (Å²) in [7, 11) is 0. The zero-order chi connectivity index (χ0) is 10.4. The number of ether oxygens (including phenoxy) is 1. The van der Waals surface area contributed by atoms with Crippen molar-refractivity contribution >= 4 is 5.97 Å². The van der Waals surface area contributed by atoms with Crippen LogP contribution in [0.4, 0.5) is 0 Å². The van der Waals surface area contributed by atoms with Crippen LogP contribution in [-0.2, 0) is 14.4 Å². The van der Waals surface area contributed by atoms with Crippen LogP contribution in [0.3, 0.4) is 0 Å². The summed E-state index contributed by atoms with van der Waals surface area (Å²) in [6, 6.07) is -0.267. The number of hydrogen-bond donors (Lipinski definition) is 1. The molecule has 0 bridgehead atoms. The number of carbonyl (C=O) groups is 1. The van der Waals surface area contributed by atoms with E-state index in [0.717, 1.165) is 25.7 Å². The lowest BCUT2D eigenvalue weighted by Crippen LogP contribution is -2.31. The quantitative estimate of drug-likeness (QED) is 0.683. The van der Waals surface area contributed by atoms with Crippen LogP contribution in [0.25, 0.3) is 0 Å². The average molecular weight is 201 g/mol. The molecule has 1 aliphatic rings. The van der Waals surface area contributed by atoms with Crippen molar-refractivity contribution in [1.82, 2.24) is 5.48 Å². The zero-order valence-electron chi connectivity index (χ0n) is 8.91. The van der Waals surface area contributed by atoms with Crippen LogP contribution in [0.15, 0.2) is 0 Å². The van der Waals surface area contributed by atoms with Gasteiger partial charge in [0.2, 0.25) is 0 Å². The lowest BCUT2D eigenvalue weighted by Gasteiger charge is -2.06. The van der Waals surface area contributed by atoms with Crippen LogP contribution in [-0.4, -0.2) is 24.7 Å². The molecule has 0 aromatic heterocycles. The Morgan fingerprint density at radius 3 is 3.00 bits per heavy atom. The normalized spacial score (nSPS) is 26.4. The second kappa shape index (κ2) is 5.98. The molecule has 14 heavy (non-hydrogen) atoms. The van der Waals surface area contributed by atoms with Gasteiger partial charge in [-0.2, -0.15) is 5.48 Å². The van der Waals surface area contributed by atoms with E-state index in [1.54, 1.807) is 0 Å². The highest BCUT2D eigenvalue weighted by molar-refractivity contribution is 5.75. The summed E-state index contributed by atoms with van der Waals surface area (Å²) >= 11 is 0. The fourth-order valence-electron chi connectivity index (χ4n) is 1.53. The third-order valence-corrected chi connectivity index (χ3v) is 2.33. The second-order valence-electron chi connectivity index (χ2n) is 3.54. The summed E-state index contributed by atoms with van der Waals surface area (Å²) < 4.78 is 4.90. The van der Waals surface area contributed by atoms with Gasteiger partial charge >= 0.3 is 5.97 Å². The van der Waals surface area contributed by atoms with E-state index in [0.29, 0.717) is 6.61 Å². The molecule has 0 aromatic rings. The maximum Gasteiger partial charge on any atom is 0.325 e. The van der Waals surface area contributed by atoms with E-state index in [4.69, 9.17) is 9.57 Å². The molecule has 82 valence electrons. The third kappa shape index (κ3) is 3.27. The molecule has 4 heteroatoms. The molecule has 1 saturated heterocycles. The van der Waals surface area contributed by atoms with E-state index in [1.807, 2.05) is 6.92 Å². The highest BCUT2D eigenvalue weighted by atomic mass is 16.7. The Hall–Kier alpha value is -0.610. The van der Waals surface area contributed by atoms with E-state index < -0.39 is 0 Å². The van der Waals surface area contributed by atoms with E-state index in [-0.39, 0.29) is 18.1 Å². The van der Waals surface area contributed by atoms with Crippen LogP contribution >= 0.6 is 0 Å². The number of carbonyl (C=O) groups excluding carboxylic acids is 1. The molecule has 0 saturated carbocycles. The Balaban J connectivity index is 2.22. The summed E-state index contributed by atoms with van der Waals surface area (Å²) in [6.07, 6.45) is 4.22. The molecule has 0 spiro atoms. The van der Waals surface area contributed by atoms with Crippen molar-refractivity contribution in [3.63, 3.8) is 0 Å². The third-order valence-electron chi connectivity index (χ3n) is 2.33. The first kappa shape index (κ1) is 11.5. The molecule has 4 nitrogen and oxygen atoms in total. The maximum atomic E-state index is 11.3. The van der Waals surface area contributed by atoms with Gasteiger partial charge in [-0.3, -0.25) is 9.63 Å². The highest BCUT2D eigenvalue weighted by Gasteiger charge is 2.31. The molecular formula is C10H19NO3. The summed E-state index contributed by atoms with van der Waals surface area (Å²) in [5.41, 5.74) is 2.73. The summed E-state index contributed by atoms with van der Waals surface area (Å²) in [6.45, 7) is 4.38. The Kier molecular flexibility index (Phi) is 4.90. The monoisotopic (exact) mass is 201 g/mol. The minimum absolute atomic E-state index is 0.171. The molecule has 0 aromatic carbocycles.